The lowest BCUT2D eigenvalue weighted by molar-refractivity contribution is -0.140. The minimum atomic E-state index is -4.26. The zero-order valence-corrected chi connectivity index (χ0v) is 30.0. The van der Waals surface area contributed by atoms with Gasteiger partial charge in [-0.1, -0.05) is 96.6 Å². The van der Waals surface area contributed by atoms with Crippen molar-refractivity contribution in [3.05, 3.63) is 124 Å². The highest BCUT2D eigenvalue weighted by molar-refractivity contribution is 7.92. The Morgan fingerprint density at radius 3 is 2.10 bits per heavy atom. The smallest absolute Gasteiger partial charge is 0.264 e. The Kier molecular flexibility index (Phi) is 12.3. The SMILES string of the molecule is COc1ccc(S(=O)(=O)N(CC(=O)N(Cc2c(Cl)cccc2Cl)C(Cc2ccccc2)C(=O)NC2CCCCC2)c2ccc(C)cc2)cc1. The molecular weight excluding hydrogens is 681 g/mol. The van der Waals surface area contributed by atoms with Crippen molar-refractivity contribution in [2.24, 2.45) is 0 Å². The summed E-state index contributed by atoms with van der Waals surface area (Å²) in [5.41, 5.74) is 2.53. The zero-order chi connectivity index (χ0) is 35.0. The monoisotopic (exact) mass is 721 g/mol. The molecule has 258 valence electrons. The highest BCUT2D eigenvalue weighted by Gasteiger charge is 2.36. The Labute approximate surface area is 299 Å². The Hall–Kier alpha value is -4.05. The Balaban J connectivity index is 1.58. The fraction of sp³-hybridized carbons (Fsp3) is 0.316. The number of ether oxygens (including phenoxy) is 1. The van der Waals surface area contributed by atoms with E-state index in [-0.39, 0.29) is 29.8 Å². The average molecular weight is 723 g/mol. The van der Waals surface area contributed by atoms with Gasteiger partial charge in [0.1, 0.15) is 18.3 Å². The summed E-state index contributed by atoms with van der Waals surface area (Å²) >= 11 is 13.3. The number of hydrogen-bond acceptors (Lipinski definition) is 5. The van der Waals surface area contributed by atoms with Crippen molar-refractivity contribution in [3.8, 4) is 5.75 Å². The maximum Gasteiger partial charge on any atom is 0.264 e. The van der Waals surface area contributed by atoms with Gasteiger partial charge in [-0.3, -0.25) is 13.9 Å². The van der Waals surface area contributed by atoms with Crippen molar-refractivity contribution in [2.45, 2.75) is 69.0 Å². The predicted octanol–water partition coefficient (Wildman–Crippen LogP) is 7.59. The van der Waals surface area contributed by atoms with Crippen LogP contribution in [0.3, 0.4) is 0 Å². The zero-order valence-electron chi connectivity index (χ0n) is 27.6. The van der Waals surface area contributed by atoms with Crippen molar-refractivity contribution in [1.82, 2.24) is 10.2 Å². The molecule has 8 nitrogen and oxygen atoms in total. The molecule has 0 radical (unpaired) electrons. The van der Waals surface area contributed by atoms with Crippen molar-refractivity contribution in [3.63, 3.8) is 0 Å². The first-order chi connectivity index (χ1) is 23.6. The van der Waals surface area contributed by atoms with Gasteiger partial charge >= 0.3 is 0 Å². The molecule has 4 aromatic rings. The van der Waals surface area contributed by atoms with Crippen LogP contribution in [0.25, 0.3) is 0 Å². The summed E-state index contributed by atoms with van der Waals surface area (Å²) in [6, 6.07) is 26.4. The first-order valence-electron chi connectivity index (χ1n) is 16.4. The first kappa shape index (κ1) is 36.2. The second-order valence-electron chi connectivity index (χ2n) is 12.3. The van der Waals surface area contributed by atoms with Crippen LogP contribution in [-0.2, 0) is 32.6 Å². The molecule has 1 atom stereocenters. The molecular formula is C38H41Cl2N3O5S. The minimum Gasteiger partial charge on any atom is -0.497 e. The van der Waals surface area contributed by atoms with Gasteiger partial charge in [-0.2, -0.15) is 0 Å². The topological polar surface area (TPSA) is 96.0 Å². The molecule has 49 heavy (non-hydrogen) atoms. The van der Waals surface area contributed by atoms with Gasteiger partial charge in [0.05, 0.1) is 17.7 Å². The van der Waals surface area contributed by atoms with Gasteiger partial charge in [-0.05, 0) is 73.9 Å². The van der Waals surface area contributed by atoms with E-state index in [4.69, 9.17) is 27.9 Å². The van der Waals surface area contributed by atoms with Crippen molar-refractivity contribution in [2.75, 3.05) is 18.0 Å². The van der Waals surface area contributed by atoms with Crippen LogP contribution in [0.5, 0.6) is 5.75 Å². The Morgan fingerprint density at radius 1 is 0.857 bits per heavy atom. The number of halogens is 2. The number of rotatable bonds is 13. The lowest BCUT2D eigenvalue weighted by atomic mass is 9.94. The molecule has 1 fully saturated rings. The summed E-state index contributed by atoms with van der Waals surface area (Å²) in [5.74, 6) is -0.409. The van der Waals surface area contributed by atoms with Gasteiger partial charge in [0, 0.05) is 34.6 Å². The molecule has 5 rings (SSSR count). The number of amides is 2. The number of carbonyl (C=O) groups excluding carboxylic acids is 2. The maximum atomic E-state index is 14.8. The van der Waals surface area contributed by atoms with E-state index < -0.39 is 28.5 Å². The van der Waals surface area contributed by atoms with E-state index in [1.807, 2.05) is 37.3 Å². The molecule has 0 bridgehead atoms. The van der Waals surface area contributed by atoms with Crippen LogP contribution in [0.4, 0.5) is 5.69 Å². The van der Waals surface area contributed by atoms with E-state index in [1.54, 1.807) is 54.6 Å². The van der Waals surface area contributed by atoms with Crippen LogP contribution in [0.15, 0.2) is 102 Å². The van der Waals surface area contributed by atoms with E-state index >= 15 is 0 Å². The molecule has 1 aliphatic carbocycles. The third-order valence-electron chi connectivity index (χ3n) is 8.86. The quantitative estimate of drug-likeness (QED) is 0.154. The number of hydrogen-bond donors (Lipinski definition) is 1. The summed E-state index contributed by atoms with van der Waals surface area (Å²) in [5, 5.41) is 3.87. The van der Waals surface area contributed by atoms with Gasteiger partial charge in [0.2, 0.25) is 11.8 Å². The van der Waals surface area contributed by atoms with Gasteiger partial charge in [0.25, 0.3) is 10.0 Å². The van der Waals surface area contributed by atoms with E-state index in [0.717, 1.165) is 47.5 Å². The van der Waals surface area contributed by atoms with Gasteiger partial charge in [-0.25, -0.2) is 8.42 Å². The highest BCUT2D eigenvalue weighted by Crippen LogP contribution is 2.30. The van der Waals surface area contributed by atoms with Crippen LogP contribution in [0, 0.1) is 6.92 Å². The average Bonchev–Trinajstić information content (AvgIpc) is 3.11. The normalized spacial score (nSPS) is 14.1. The molecule has 0 aromatic heterocycles. The number of benzene rings is 4. The van der Waals surface area contributed by atoms with Gasteiger partial charge in [-0.15, -0.1) is 0 Å². The van der Waals surface area contributed by atoms with E-state index in [2.05, 4.69) is 5.32 Å². The summed E-state index contributed by atoms with van der Waals surface area (Å²) < 4.78 is 34.9. The summed E-state index contributed by atoms with van der Waals surface area (Å²) in [7, 11) is -2.76. The molecule has 0 aliphatic heterocycles. The number of nitrogens with one attached hydrogen (secondary N) is 1. The largest absolute Gasteiger partial charge is 0.497 e. The lowest BCUT2D eigenvalue weighted by Crippen LogP contribution is -2.55. The number of anilines is 1. The van der Waals surface area contributed by atoms with Crippen LogP contribution in [0.1, 0.15) is 48.8 Å². The molecule has 1 aliphatic rings. The molecule has 0 spiro atoms. The van der Waals surface area contributed by atoms with Crippen LogP contribution in [-0.4, -0.2) is 50.9 Å². The Bertz CT molecular complexity index is 1810. The van der Waals surface area contributed by atoms with Crippen molar-refractivity contribution < 1.29 is 22.7 Å². The minimum absolute atomic E-state index is 0.0140. The molecule has 4 aromatic carbocycles. The number of methoxy groups -OCH3 is 1. The fourth-order valence-electron chi connectivity index (χ4n) is 6.07. The second-order valence-corrected chi connectivity index (χ2v) is 15.0. The first-order valence-corrected chi connectivity index (χ1v) is 18.6. The molecule has 2 amide bonds. The highest BCUT2D eigenvalue weighted by atomic mass is 35.5. The third-order valence-corrected chi connectivity index (χ3v) is 11.4. The van der Waals surface area contributed by atoms with E-state index in [1.165, 1.54) is 24.1 Å². The van der Waals surface area contributed by atoms with E-state index in [9.17, 15) is 18.0 Å². The molecule has 0 heterocycles. The molecule has 0 saturated heterocycles. The summed E-state index contributed by atoms with van der Waals surface area (Å²) in [4.78, 5) is 30.4. The summed E-state index contributed by atoms with van der Waals surface area (Å²) in [6.45, 7) is 1.20. The second kappa shape index (κ2) is 16.6. The van der Waals surface area contributed by atoms with E-state index in [0.29, 0.717) is 27.0 Å². The molecule has 1 saturated carbocycles. The maximum absolute atomic E-state index is 14.8. The number of carbonyl (C=O) groups is 2. The standard InChI is InChI=1S/C38H41Cl2N3O5S/c1-27-16-18-30(19-17-27)43(49(46,47)32-22-20-31(48-2)21-23-32)26-37(44)42(25-33-34(39)14-9-15-35(33)40)36(24-28-10-5-3-6-11-28)38(45)41-29-12-7-4-8-13-29/h3,5-6,9-11,14-23,29,36H,4,7-8,12-13,24-26H2,1-2H3,(H,41,45). The molecule has 11 heteroatoms. The number of aryl methyl sites for hydroxylation is 1. The third kappa shape index (κ3) is 9.15. The van der Waals surface area contributed by atoms with Crippen LogP contribution in [0.2, 0.25) is 10.0 Å². The fourth-order valence-corrected chi connectivity index (χ4v) is 8.00. The summed E-state index contributed by atoms with van der Waals surface area (Å²) in [6.07, 6.45) is 5.06. The van der Waals surface area contributed by atoms with Crippen molar-refractivity contribution >= 4 is 50.7 Å². The van der Waals surface area contributed by atoms with Gasteiger partial charge in [0.15, 0.2) is 0 Å². The predicted molar refractivity (Wildman–Crippen MR) is 195 cm³/mol. The number of sulfonamides is 1. The van der Waals surface area contributed by atoms with Crippen molar-refractivity contribution in [1.29, 1.82) is 0 Å². The number of nitrogens with zero attached hydrogens (tertiary/aromatic N) is 2. The molecule has 1 N–H and O–H groups in total. The Morgan fingerprint density at radius 2 is 1.49 bits per heavy atom. The van der Waals surface area contributed by atoms with Crippen LogP contribution >= 0.6 is 23.2 Å². The molecule has 1 unspecified atom stereocenters. The lowest BCUT2D eigenvalue weighted by Gasteiger charge is -2.35. The van der Waals surface area contributed by atoms with Gasteiger partial charge < -0.3 is 15.0 Å². The van der Waals surface area contributed by atoms with Crippen LogP contribution < -0.4 is 14.4 Å².